The third-order valence-electron chi connectivity index (χ3n) is 7.94. The lowest BCUT2D eigenvalue weighted by Crippen LogP contribution is -1.57. The Morgan fingerprint density at radius 3 is 0.0859 bits per heavy atom. The molecule has 0 aliphatic rings. The van der Waals surface area contributed by atoms with Crippen molar-refractivity contribution < 1.29 is 0 Å². The van der Waals surface area contributed by atoms with Crippen LogP contribution >= 0.6 is 0 Å². The molecule has 0 N–H and O–H groups in total. The fourth-order valence-electron chi connectivity index (χ4n) is 3.94. The molecule has 0 aromatic heterocycles. The highest BCUT2D eigenvalue weighted by Gasteiger charge is 1.70. The summed E-state index contributed by atoms with van der Waals surface area (Å²) in [4.78, 5) is 0. The summed E-state index contributed by atoms with van der Waals surface area (Å²) in [6.07, 6.45) is 0. The molecule has 0 fully saturated rings. The molecular formula is C128H6. The molecule has 518 valence electrons. The monoisotopic (exact) mass is 1540 g/mol. The first-order valence-electron chi connectivity index (χ1n) is 32.2. The first-order chi connectivity index (χ1) is 63.9. The molecule has 0 saturated carbocycles. The lowest BCUT2D eigenvalue weighted by Gasteiger charge is -1.58. The smallest absolute Gasteiger partial charge is 0 e. The highest BCUT2D eigenvalue weighted by atomic mass is 13.7. The molecule has 128 heavy (non-hydrogen) atoms. The van der Waals surface area contributed by atoms with Gasteiger partial charge in [-0.15, -0.1) is 0 Å². The zero-order chi connectivity index (χ0) is 91.1. The summed E-state index contributed by atoms with van der Waals surface area (Å²) >= 11 is 0. The third-order valence-corrected chi connectivity index (χ3v) is 7.94. The molecule has 0 nitrogen and oxygen atoms in total. The van der Waals surface area contributed by atoms with Crippen LogP contribution in [0.15, 0.2) is 0 Å². The van der Waals surface area contributed by atoms with E-state index in [1.807, 2.05) is 0 Å². The normalized spacial score (nSPS) is 3.98. The Bertz CT molecular complexity index is 8460. The molecule has 0 unspecified atom stereocenters. The van der Waals surface area contributed by atoms with Crippen molar-refractivity contribution in [2.45, 2.75) is 13.8 Å². The van der Waals surface area contributed by atoms with E-state index in [9.17, 15) is 0 Å². The Morgan fingerprint density at radius 1 is 0.0391 bits per heavy atom. The second kappa shape index (κ2) is 99.3. The summed E-state index contributed by atoms with van der Waals surface area (Å²) in [6.45, 7) is 3.36. The quantitative estimate of drug-likeness (QED) is 0.321. The lowest BCUT2D eigenvalue weighted by molar-refractivity contribution is 1.92. The van der Waals surface area contributed by atoms with Gasteiger partial charge in [-0.05, 0) is 109 Å². The van der Waals surface area contributed by atoms with Crippen molar-refractivity contribution in [2.75, 3.05) is 0 Å². The van der Waals surface area contributed by atoms with Gasteiger partial charge in [-0.1, -0.05) is 11.8 Å². The SMILES string of the molecule is CC#CC#CC#CC#CC#CC#CC#CC#CC#CC#CC#CC#CC#CC#CC#CC#CC#CC#CC#CC#CC#CC#CC#CC#CC#CC#CC#CC#CC#CC#CC#CC#CC#CC#CC#CC#CC#CC#CC#CC#CC#CC#CC#CC#CC#CC#CC#CC#CC#CC#CC#CC#CC#CC#CC#CC#CC#CC#CC#CC#CC#CC#CC#CC. The Kier molecular flexibility index (Phi) is 77.8. The third kappa shape index (κ3) is 98.3. The lowest BCUT2D eigenvalue weighted by atomic mass is 10.4. The van der Waals surface area contributed by atoms with E-state index in [2.05, 4.69) is 746 Å². The standard InChI is InChI=1S/C128H6/c1-3-5-7-9-11-13-15-17-19-21-23-25-27-29-31-33-35-37-39-41-43-45-47-49-51-53-55-57-59-61-63-65-67-69-71-73-75-77-79-81-83-85-87-89-91-93-95-97-99-101-103-105-107-109-111-113-115-117-119-121-123-125-127-128-126-124-122-120-118-116-114-112-110-108-106-104-102-100-98-96-94-92-90-88-86-84-82-80-78-76-74-72-70-68-66-64-62-60-58-56-54-52-50-48-46-44-42-40-38-36-34-32-30-28-26-24-22-20-18-16-14-12-10-8-6-4-2/h1-2H3. The van der Waals surface area contributed by atoms with Crippen molar-refractivity contribution in [3.63, 3.8) is 0 Å². The van der Waals surface area contributed by atoms with Gasteiger partial charge in [0, 0.05) is 639 Å². The Balaban J connectivity index is 4.65. The van der Waals surface area contributed by atoms with Crippen LogP contribution in [0.1, 0.15) is 13.8 Å². The molecule has 0 aromatic rings. The highest BCUT2D eigenvalue weighted by Crippen LogP contribution is 1.70. The molecule has 0 spiro atoms. The van der Waals surface area contributed by atoms with Crippen LogP contribution in [0.2, 0.25) is 0 Å². The fourth-order valence-corrected chi connectivity index (χ4v) is 3.94. The van der Waals surface area contributed by atoms with Crippen molar-refractivity contribution >= 4 is 0 Å². The van der Waals surface area contributed by atoms with Crippen LogP contribution < -0.4 is 0 Å². The van der Waals surface area contributed by atoms with E-state index in [0.29, 0.717) is 0 Å². The first-order valence-corrected chi connectivity index (χ1v) is 32.2. The van der Waals surface area contributed by atoms with Crippen LogP contribution in [0.4, 0.5) is 0 Å². The van der Waals surface area contributed by atoms with Gasteiger partial charge >= 0.3 is 0 Å². The van der Waals surface area contributed by atoms with Crippen molar-refractivity contribution in [3.05, 3.63) is 0 Å². The molecule has 0 atom stereocenters. The van der Waals surface area contributed by atoms with Crippen molar-refractivity contribution in [1.82, 2.24) is 0 Å². The molecule has 0 aliphatic heterocycles. The minimum absolute atomic E-state index is 1.68. The summed E-state index contributed by atoms with van der Waals surface area (Å²) in [6, 6.07) is 0. The van der Waals surface area contributed by atoms with Gasteiger partial charge in [0.2, 0.25) is 0 Å². The first kappa shape index (κ1) is 100. The second-order valence-electron chi connectivity index (χ2n) is 16.0. The van der Waals surface area contributed by atoms with E-state index in [0.717, 1.165) is 0 Å². The van der Waals surface area contributed by atoms with Crippen LogP contribution in [0.25, 0.3) is 0 Å². The predicted octanol–water partition coefficient (Wildman–Crippen LogP) is 1.24. The van der Waals surface area contributed by atoms with Gasteiger partial charge in [0.25, 0.3) is 0 Å². The molecule has 0 radical (unpaired) electrons. The van der Waals surface area contributed by atoms with Crippen molar-refractivity contribution in [2.24, 2.45) is 0 Å². The molecule has 0 saturated heterocycles. The number of rotatable bonds is 0. The number of hydrogen-bond acceptors (Lipinski definition) is 0. The van der Waals surface area contributed by atoms with E-state index in [4.69, 9.17) is 0 Å². The van der Waals surface area contributed by atoms with Crippen molar-refractivity contribution in [1.29, 1.82) is 0 Å². The van der Waals surface area contributed by atoms with Crippen LogP contribution in [-0.2, 0) is 0 Å². The second-order valence-corrected chi connectivity index (χ2v) is 16.0. The summed E-state index contributed by atoms with van der Waals surface area (Å²) in [5, 5.41) is 0. The highest BCUT2D eigenvalue weighted by molar-refractivity contribution is 5.59. The molecule has 0 aliphatic carbocycles. The van der Waals surface area contributed by atoms with E-state index in [1.165, 1.54) is 0 Å². The average Bonchev–Trinajstić information content (AvgIpc) is 1.15. The van der Waals surface area contributed by atoms with Crippen LogP contribution in [0.3, 0.4) is 0 Å². The predicted molar refractivity (Wildman–Crippen MR) is 501 cm³/mol. The molecule has 0 heteroatoms. The van der Waals surface area contributed by atoms with Gasteiger partial charge in [-0.3, -0.25) is 0 Å². The largest absolute Gasteiger partial charge is 0.0925 e. The summed E-state index contributed by atoms with van der Waals surface area (Å²) < 4.78 is 0. The minimum Gasteiger partial charge on any atom is -0.0925 e. The average molecular weight is 1540 g/mol. The topological polar surface area (TPSA) is 0 Å². The van der Waals surface area contributed by atoms with Gasteiger partial charge in [0.1, 0.15) is 0 Å². The summed E-state index contributed by atoms with van der Waals surface area (Å²) in [5.74, 6) is 316. The molecular weight excluding hydrogens is 1540 g/mol. The maximum Gasteiger partial charge on any atom is 0 e. The maximum atomic E-state index is 2.63. The van der Waals surface area contributed by atoms with E-state index in [-0.39, 0.29) is 0 Å². The van der Waals surface area contributed by atoms with E-state index < -0.39 is 0 Å². The van der Waals surface area contributed by atoms with Crippen LogP contribution in [0, 0.1) is 746 Å². The van der Waals surface area contributed by atoms with Crippen LogP contribution in [0.5, 0.6) is 0 Å². The minimum atomic E-state index is 1.68. The maximum absolute atomic E-state index is 2.63. The summed E-state index contributed by atoms with van der Waals surface area (Å²) in [5.41, 5.74) is 0. The van der Waals surface area contributed by atoms with Gasteiger partial charge in [0.05, 0.1) is 0 Å². The molecule has 0 bridgehead atoms. The Labute approximate surface area is 754 Å². The van der Waals surface area contributed by atoms with Gasteiger partial charge in [-0.25, -0.2) is 0 Å². The van der Waals surface area contributed by atoms with Gasteiger partial charge < -0.3 is 0 Å². The Morgan fingerprint density at radius 2 is 0.0625 bits per heavy atom. The van der Waals surface area contributed by atoms with E-state index in [1.54, 1.807) is 13.8 Å². The van der Waals surface area contributed by atoms with E-state index >= 15 is 0 Å². The number of hydrogen-bond donors (Lipinski definition) is 0. The molecule has 0 amide bonds. The summed E-state index contributed by atoms with van der Waals surface area (Å²) in [7, 11) is 0. The van der Waals surface area contributed by atoms with Crippen molar-refractivity contribution in [3.8, 4) is 746 Å². The fraction of sp³-hybridized carbons (Fsp3) is 0.0156. The van der Waals surface area contributed by atoms with Gasteiger partial charge in [-0.2, -0.15) is 0 Å². The molecule has 0 heterocycles. The molecule has 0 rings (SSSR count). The Hall–Kier alpha value is -27.7. The van der Waals surface area contributed by atoms with Gasteiger partial charge in [0.15, 0.2) is 0 Å². The van der Waals surface area contributed by atoms with Crippen LogP contribution in [-0.4, -0.2) is 0 Å². The zero-order valence-corrected chi connectivity index (χ0v) is 65.0. The zero-order valence-electron chi connectivity index (χ0n) is 65.0. The molecule has 0 aromatic carbocycles.